The van der Waals surface area contributed by atoms with Crippen molar-refractivity contribution in [3.05, 3.63) is 52.4 Å². The van der Waals surface area contributed by atoms with E-state index in [1.165, 1.54) is 17.4 Å². The van der Waals surface area contributed by atoms with Crippen molar-refractivity contribution in [3.63, 3.8) is 0 Å². The Balaban J connectivity index is 2.16. The fourth-order valence-electron chi connectivity index (χ4n) is 2.19. The lowest BCUT2D eigenvalue weighted by Gasteiger charge is -2.05. The summed E-state index contributed by atoms with van der Waals surface area (Å²) in [5.74, 6) is -0.0634. The molecule has 0 radical (unpaired) electrons. The maximum Gasteiger partial charge on any atom is 0.341 e. The zero-order valence-corrected chi connectivity index (χ0v) is 15.3. The molecule has 0 aliphatic carbocycles. The van der Waals surface area contributed by atoms with Crippen LogP contribution < -0.4 is 10.1 Å². The molecule has 0 aliphatic rings. The molecule has 0 saturated carbocycles. The molecule has 0 unspecified atom stereocenters. The van der Waals surface area contributed by atoms with Gasteiger partial charge in [-0.25, -0.2) is 4.79 Å². The first-order valence-corrected chi connectivity index (χ1v) is 8.82. The molecule has 1 aromatic carbocycles. The zero-order valence-electron chi connectivity index (χ0n) is 14.5. The number of rotatable bonds is 7. The first kappa shape index (κ1) is 18.7. The van der Waals surface area contributed by atoms with Crippen LogP contribution in [-0.4, -0.2) is 25.6 Å². The van der Waals surface area contributed by atoms with Crippen LogP contribution in [0.4, 0.5) is 5.00 Å². The van der Waals surface area contributed by atoms with Crippen LogP contribution >= 0.6 is 11.3 Å². The second-order valence-electron chi connectivity index (χ2n) is 5.09. The van der Waals surface area contributed by atoms with Crippen molar-refractivity contribution in [3.8, 4) is 5.75 Å². The Morgan fingerprint density at radius 1 is 1.24 bits per heavy atom. The van der Waals surface area contributed by atoms with Crippen molar-refractivity contribution in [2.24, 2.45) is 0 Å². The quantitative estimate of drug-likeness (QED) is 0.596. The number of carbonyl (C=O) groups is 2. The second kappa shape index (κ2) is 9.03. The third kappa shape index (κ3) is 4.93. The minimum atomic E-state index is -0.428. The van der Waals surface area contributed by atoms with Crippen LogP contribution in [0.15, 0.2) is 36.4 Å². The van der Waals surface area contributed by atoms with Crippen LogP contribution in [0, 0.1) is 0 Å². The predicted molar refractivity (Wildman–Crippen MR) is 100 cm³/mol. The topological polar surface area (TPSA) is 64.6 Å². The molecule has 2 aromatic rings. The molecule has 0 fully saturated rings. The SMILES string of the molecule is CCOC(=O)c1cc(CC)sc1NC(=O)C=Cc1ccccc1OC. The van der Waals surface area contributed by atoms with E-state index in [0.29, 0.717) is 16.3 Å². The normalized spacial score (nSPS) is 10.7. The van der Waals surface area contributed by atoms with Crippen LogP contribution in [0.1, 0.15) is 34.6 Å². The second-order valence-corrected chi connectivity index (χ2v) is 6.23. The standard InChI is InChI=1S/C19H21NO4S/c1-4-14-12-15(19(22)24-5-2)18(25-14)20-17(21)11-10-13-8-6-7-9-16(13)23-3/h6-12H,4-5H2,1-3H3,(H,20,21). The van der Waals surface area contributed by atoms with Gasteiger partial charge in [0.1, 0.15) is 10.8 Å². The minimum absolute atomic E-state index is 0.289. The molecule has 6 heteroatoms. The third-order valence-corrected chi connectivity index (χ3v) is 4.61. The molecule has 1 amide bonds. The van der Waals surface area contributed by atoms with Crippen molar-refractivity contribution in [1.82, 2.24) is 0 Å². The number of esters is 1. The molecule has 132 valence electrons. The number of aryl methyl sites for hydroxylation is 1. The maximum absolute atomic E-state index is 12.2. The molecule has 25 heavy (non-hydrogen) atoms. The van der Waals surface area contributed by atoms with Gasteiger partial charge in [0.2, 0.25) is 5.91 Å². The van der Waals surface area contributed by atoms with E-state index in [0.717, 1.165) is 16.9 Å². The number of hydrogen-bond acceptors (Lipinski definition) is 5. The number of thiophene rings is 1. The number of ether oxygens (including phenoxy) is 2. The van der Waals surface area contributed by atoms with E-state index < -0.39 is 5.97 Å². The fraction of sp³-hybridized carbons (Fsp3) is 0.263. The number of nitrogens with one attached hydrogen (secondary N) is 1. The third-order valence-electron chi connectivity index (χ3n) is 3.42. The van der Waals surface area contributed by atoms with E-state index in [4.69, 9.17) is 9.47 Å². The Kier molecular flexibility index (Phi) is 6.77. The lowest BCUT2D eigenvalue weighted by Crippen LogP contribution is -2.11. The van der Waals surface area contributed by atoms with Gasteiger partial charge in [0.15, 0.2) is 0 Å². The Labute approximate surface area is 151 Å². The molecule has 1 heterocycles. The highest BCUT2D eigenvalue weighted by Gasteiger charge is 2.17. The number of hydrogen-bond donors (Lipinski definition) is 1. The number of para-hydroxylation sites is 1. The highest BCUT2D eigenvalue weighted by molar-refractivity contribution is 7.16. The van der Waals surface area contributed by atoms with Crippen LogP contribution in [0.3, 0.4) is 0 Å². The largest absolute Gasteiger partial charge is 0.496 e. The Hall–Kier alpha value is -2.60. The first-order valence-electron chi connectivity index (χ1n) is 8.00. The number of benzene rings is 1. The Bertz CT molecular complexity index is 779. The summed E-state index contributed by atoms with van der Waals surface area (Å²) in [5, 5.41) is 3.27. The van der Waals surface area contributed by atoms with Gasteiger partial charge in [-0.05, 0) is 31.6 Å². The zero-order chi connectivity index (χ0) is 18.2. The summed E-state index contributed by atoms with van der Waals surface area (Å²) in [4.78, 5) is 25.3. The maximum atomic E-state index is 12.2. The average molecular weight is 359 g/mol. The van der Waals surface area contributed by atoms with Gasteiger partial charge in [-0.15, -0.1) is 11.3 Å². The van der Waals surface area contributed by atoms with Crippen LogP contribution in [0.25, 0.3) is 6.08 Å². The van der Waals surface area contributed by atoms with E-state index in [-0.39, 0.29) is 12.5 Å². The van der Waals surface area contributed by atoms with Gasteiger partial charge in [-0.1, -0.05) is 25.1 Å². The smallest absolute Gasteiger partial charge is 0.341 e. The molecule has 1 N–H and O–H groups in total. The summed E-state index contributed by atoms with van der Waals surface area (Å²) < 4.78 is 10.3. The monoisotopic (exact) mass is 359 g/mol. The summed E-state index contributed by atoms with van der Waals surface area (Å²) in [5.41, 5.74) is 1.19. The average Bonchev–Trinajstić information content (AvgIpc) is 3.03. The van der Waals surface area contributed by atoms with Gasteiger partial charge in [-0.2, -0.15) is 0 Å². The fourth-order valence-corrected chi connectivity index (χ4v) is 3.18. The van der Waals surface area contributed by atoms with Gasteiger partial charge < -0.3 is 14.8 Å². The van der Waals surface area contributed by atoms with Crippen molar-refractivity contribution < 1.29 is 19.1 Å². The van der Waals surface area contributed by atoms with Crippen molar-refractivity contribution in [2.75, 3.05) is 19.0 Å². The van der Waals surface area contributed by atoms with Crippen molar-refractivity contribution in [2.45, 2.75) is 20.3 Å². The lowest BCUT2D eigenvalue weighted by atomic mass is 10.2. The van der Waals surface area contributed by atoms with E-state index in [1.807, 2.05) is 31.2 Å². The molecule has 5 nitrogen and oxygen atoms in total. The molecule has 0 bridgehead atoms. The predicted octanol–water partition coefficient (Wildman–Crippen LogP) is 4.15. The summed E-state index contributed by atoms with van der Waals surface area (Å²) in [6.07, 6.45) is 3.87. The Morgan fingerprint density at radius 3 is 2.68 bits per heavy atom. The van der Waals surface area contributed by atoms with Gasteiger partial charge in [0.25, 0.3) is 0 Å². The van der Waals surface area contributed by atoms with Gasteiger partial charge in [0, 0.05) is 16.5 Å². The number of carbonyl (C=O) groups excluding carboxylic acids is 2. The number of amides is 1. The van der Waals surface area contributed by atoms with Crippen LogP contribution in [-0.2, 0) is 16.0 Å². The minimum Gasteiger partial charge on any atom is -0.496 e. The van der Waals surface area contributed by atoms with Gasteiger partial charge in [-0.3, -0.25) is 4.79 Å². The highest BCUT2D eigenvalue weighted by Crippen LogP contribution is 2.29. The van der Waals surface area contributed by atoms with E-state index in [1.54, 1.807) is 26.2 Å². The molecular formula is C19H21NO4S. The van der Waals surface area contributed by atoms with Gasteiger partial charge >= 0.3 is 5.97 Å². The molecule has 0 aliphatic heterocycles. The molecular weight excluding hydrogens is 338 g/mol. The molecule has 0 atom stereocenters. The summed E-state index contributed by atoms with van der Waals surface area (Å²) in [6.45, 7) is 4.03. The van der Waals surface area contributed by atoms with Crippen LogP contribution in [0.5, 0.6) is 5.75 Å². The highest BCUT2D eigenvalue weighted by atomic mass is 32.1. The Morgan fingerprint density at radius 2 is 2.00 bits per heavy atom. The van der Waals surface area contributed by atoms with E-state index in [2.05, 4.69) is 5.32 Å². The summed E-state index contributed by atoms with van der Waals surface area (Å²) in [7, 11) is 1.58. The number of methoxy groups -OCH3 is 1. The lowest BCUT2D eigenvalue weighted by molar-refractivity contribution is -0.111. The van der Waals surface area contributed by atoms with Crippen LogP contribution in [0.2, 0.25) is 0 Å². The molecule has 2 rings (SSSR count). The molecule has 1 aromatic heterocycles. The van der Waals surface area contributed by atoms with Crippen molar-refractivity contribution >= 4 is 34.3 Å². The summed E-state index contributed by atoms with van der Waals surface area (Å²) >= 11 is 1.38. The van der Waals surface area contributed by atoms with E-state index >= 15 is 0 Å². The first-order chi connectivity index (χ1) is 12.1. The van der Waals surface area contributed by atoms with Crippen molar-refractivity contribution in [1.29, 1.82) is 0 Å². The molecule has 0 spiro atoms. The van der Waals surface area contributed by atoms with E-state index in [9.17, 15) is 9.59 Å². The number of anilines is 1. The van der Waals surface area contributed by atoms with Gasteiger partial charge in [0.05, 0.1) is 19.3 Å². The molecule has 0 saturated heterocycles. The summed E-state index contributed by atoms with van der Waals surface area (Å²) in [6, 6.07) is 9.17.